The van der Waals surface area contributed by atoms with Gasteiger partial charge in [-0.1, -0.05) is 43.6 Å². The first-order valence-electron chi connectivity index (χ1n) is 9.52. The van der Waals surface area contributed by atoms with E-state index in [-0.39, 0.29) is 23.8 Å². The van der Waals surface area contributed by atoms with Crippen LogP contribution in [0.25, 0.3) is 0 Å². The maximum Gasteiger partial charge on any atom is 0.245 e. The van der Waals surface area contributed by atoms with E-state index in [1.807, 2.05) is 43.0 Å². The molecule has 2 fully saturated rings. The highest BCUT2D eigenvalue weighted by Gasteiger charge is 2.37. The zero-order valence-corrected chi connectivity index (χ0v) is 16.4. The fourth-order valence-corrected chi connectivity index (χ4v) is 4.02. The molecule has 3 rings (SSSR count). The highest BCUT2D eigenvalue weighted by molar-refractivity contribution is 6.31. The van der Waals surface area contributed by atoms with Gasteiger partial charge >= 0.3 is 0 Å². The number of nitrogens with zero attached hydrogens (tertiary/aromatic N) is 3. The molecule has 26 heavy (non-hydrogen) atoms. The number of halogens is 1. The molecule has 0 saturated carbocycles. The van der Waals surface area contributed by atoms with E-state index < -0.39 is 0 Å². The number of likely N-dealkylation sites (tertiary alicyclic amines) is 1. The quantitative estimate of drug-likeness (QED) is 0.810. The third kappa shape index (κ3) is 4.21. The highest BCUT2D eigenvalue weighted by Crippen LogP contribution is 2.23. The molecule has 1 unspecified atom stereocenters. The topological polar surface area (TPSA) is 43.9 Å². The molecule has 5 nitrogen and oxygen atoms in total. The third-order valence-electron chi connectivity index (χ3n) is 5.35. The lowest BCUT2D eigenvalue weighted by molar-refractivity contribution is -0.146. The highest BCUT2D eigenvalue weighted by atomic mass is 35.5. The van der Waals surface area contributed by atoms with Gasteiger partial charge in [-0.05, 0) is 24.5 Å². The Hall–Kier alpha value is -1.59. The first kappa shape index (κ1) is 19.2. The summed E-state index contributed by atoms with van der Waals surface area (Å²) >= 11 is 6.25. The van der Waals surface area contributed by atoms with Crippen molar-refractivity contribution in [1.29, 1.82) is 0 Å². The van der Waals surface area contributed by atoms with Gasteiger partial charge in [-0.2, -0.15) is 0 Å². The molecule has 142 valence electrons. The lowest BCUT2D eigenvalue weighted by atomic mass is 10.1. The van der Waals surface area contributed by atoms with Crippen molar-refractivity contribution in [2.24, 2.45) is 5.92 Å². The molecule has 0 aliphatic carbocycles. The van der Waals surface area contributed by atoms with Crippen molar-refractivity contribution in [2.45, 2.75) is 39.3 Å². The number of piperazine rings is 1. The van der Waals surface area contributed by atoms with Gasteiger partial charge in [-0.3, -0.25) is 14.5 Å². The first-order chi connectivity index (χ1) is 12.5. The van der Waals surface area contributed by atoms with Gasteiger partial charge in [0.25, 0.3) is 0 Å². The summed E-state index contributed by atoms with van der Waals surface area (Å²) in [5.41, 5.74) is 1.12. The van der Waals surface area contributed by atoms with E-state index in [0.29, 0.717) is 19.6 Å². The van der Waals surface area contributed by atoms with Crippen molar-refractivity contribution in [1.82, 2.24) is 14.7 Å². The molecule has 2 aliphatic rings. The largest absolute Gasteiger partial charge is 0.338 e. The number of hydrogen-bond acceptors (Lipinski definition) is 3. The second kappa shape index (κ2) is 8.40. The molecule has 2 amide bonds. The van der Waals surface area contributed by atoms with Gasteiger partial charge in [-0.25, -0.2) is 0 Å². The normalized spacial score (nSPS) is 21.5. The number of carbonyl (C=O) groups excluding carboxylic acids is 2. The Morgan fingerprint density at radius 2 is 1.81 bits per heavy atom. The lowest BCUT2D eigenvalue weighted by Crippen LogP contribution is -2.54. The molecule has 1 aromatic rings. The van der Waals surface area contributed by atoms with Crippen molar-refractivity contribution in [3.63, 3.8) is 0 Å². The Labute approximate surface area is 160 Å². The molecule has 2 aliphatic heterocycles. The van der Waals surface area contributed by atoms with Crippen LogP contribution in [0.4, 0.5) is 0 Å². The smallest absolute Gasteiger partial charge is 0.245 e. The van der Waals surface area contributed by atoms with Gasteiger partial charge in [0.05, 0.1) is 0 Å². The predicted molar refractivity (Wildman–Crippen MR) is 103 cm³/mol. The average Bonchev–Trinajstić information content (AvgIpc) is 3.12. The molecule has 0 radical (unpaired) electrons. The van der Waals surface area contributed by atoms with Gasteiger partial charge in [0, 0.05) is 50.2 Å². The van der Waals surface area contributed by atoms with E-state index in [4.69, 9.17) is 11.6 Å². The number of hydrogen-bond donors (Lipinski definition) is 0. The minimum atomic E-state index is -0.264. The van der Waals surface area contributed by atoms with E-state index in [9.17, 15) is 9.59 Å². The van der Waals surface area contributed by atoms with Crippen molar-refractivity contribution in [2.75, 3.05) is 32.7 Å². The summed E-state index contributed by atoms with van der Waals surface area (Å²) in [4.78, 5) is 31.4. The van der Waals surface area contributed by atoms with Crippen LogP contribution in [0.2, 0.25) is 5.02 Å². The molecule has 2 heterocycles. The Morgan fingerprint density at radius 1 is 1.12 bits per heavy atom. The fraction of sp³-hybridized carbons (Fsp3) is 0.600. The molecule has 6 heteroatoms. The van der Waals surface area contributed by atoms with E-state index >= 15 is 0 Å². The summed E-state index contributed by atoms with van der Waals surface area (Å²) in [6.07, 6.45) is 1.71. The van der Waals surface area contributed by atoms with Crippen molar-refractivity contribution in [3.8, 4) is 0 Å². The van der Waals surface area contributed by atoms with E-state index in [2.05, 4.69) is 4.90 Å². The molecule has 0 bridgehead atoms. The molecule has 2 saturated heterocycles. The minimum absolute atomic E-state index is 0.0594. The van der Waals surface area contributed by atoms with Gasteiger partial charge < -0.3 is 9.80 Å². The van der Waals surface area contributed by atoms with Crippen LogP contribution in [0.1, 0.15) is 32.3 Å². The molecule has 1 aromatic carbocycles. The third-order valence-corrected chi connectivity index (χ3v) is 5.72. The van der Waals surface area contributed by atoms with E-state index in [0.717, 1.165) is 43.1 Å². The van der Waals surface area contributed by atoms with Crippen LogP contribution < -0.4 is 0 Å². The molecular weight excluding hydrogens is 350 g/mol. The van der Waals surface area contributed by atoms with Crippen LogP contribution in [0.3, 0.4) is 0 Å². The summed E-state index contributed by atoms with van der Waals surface area (Å²) in [6, 6.07) is 7.64. The summed E-state index contributed by atoms with van der Waals surface area (Å²) in [6.45, 7) is 8.41. The van der Waals surface area contributed by atoms with E-state index in [1.165, 1.54) is 0 Å². The second-order valence-corrected chi connectivity index (χ2v) is 7.94. The summed E-state index contributed by atoms with van der Waals surface area (Å²) < 4.78 is 0. The number of rotatable bonds is 4. The van der Waals surface area contributed by atoms with Gasteiger partial charge in [0.1, 0.15) is 6.04 Å². The average molecular weight is 378 g/mol. The standard InChI is InChI=1S/C20H28ClN3O2/c1-15(2)19(25)24-9-5-8-18(24)20(26)23-12-10-22(11-13-23)14-16-6-3-4-7-17(16)21/h3-4,6-7,15,18H,5,8-14H2,1-2H3. The van der Waals surface area contributed by atoms with Crippen LogP contribution in [-0.2, 0) is 16.1 Å². The molecule has 0 spiro atoms. The predicted octanol–water partition coefficient (Wildman–Crippen LogP) is 2.63. The summed E-state index contributed by atoms with van der Waals surface area (Å²) in [5, 5.41) is 0.791. The first-order valence-corrected chi connectivity index (χ1v) is 9.90. The summed E-state index contributed by atoms with van der Waals surface area (Å²) in [7, 11) is 0. The SMILES string of the molecule is CC(C)C(=O)N1CCCC1C(=O)N1CCN(Cc2ccccc2Cl)CC1. The zero-order valence-electron chi connectivity index (χ0n) is 15.7. The zero-order chi connectivity index (χ0) is 18.7. The van der Waals surface area contributed by atoms with Crippen LogP contribution >= 0.6 is 11.6 Å². The van der Waals surface area contributed by atoms with Crippen LogP contribution in [0, 0.1) is 5.92 Å². The molecule has 0 aromatic heterocycles. The summed E-state index contributed by atoms with van der Waals surface area (Å²) in [5.74, 6) is 0.156. The number of amides is 2. The van der Waals surface area contributed by atoms with Gasteiger partial charge in [-0.15, -0.1) is 0 Å². The molecule has 0 N–H and O–H groups in total. The van der Waals surface area contributed by atoms with E-state index in [1.54, 1.807) is 4.90 Å². The molecular formula is C20H28ClN3O2. The Kier molecular flexibility index (Phi) is 6.20. The minimum Gasteiger partial charge on any atom is -0.338 e. The second-order valence-electron chi connectivity index (χ2n) is 7.54. The van der Waals surface area contributed by atoms with Gasteiger partial charge in [0.2, 0.25) is 11.8 Å². The number of benzene rings is 1. The van der Waals surface area contributed by atoms with Gasteiger partial charge in [0.15, 0.2) is 0 Å². The number of carbonyl (C=O) groups is 2. The maximum absolute atomic E-state index is 12.9. The fourth-order valence-electron chi connectivity index (χ4n) is 3.82. The van der Waals surface area contributed by atoms with Crippen LogP contribution in [-0.4, -0.2) is 65.3 Å². The van der Waals surface area contributed by atoms with Crippen molar-refractivity contribution >= 4 is 23.4 Å². The lowest BCUT2D eigenvalue weighted by Gasteiger charge is -2.37. The van der Waals surface area contributed by atoms with Crippen LogP contribution in [0.15, 0.2) is 24.3 Å². The van der Waals surface area contributed by atoms with Crippen molar-refractivity contribution < 1.29 is 9.59 Å². The monoisotopic (exact) mass is 377 g/mol. The Morgan fingerprint density at radius 3 is 2.46 bits per heavy atom. The maximum atomic E-state index is 12.9. The van der Waals surface area contributed by atoms with Crippen molar-refractivity contribution in [3.05, 3.63) is 34.9 Å². The Bertz CT molecular complexity index is 656. The van der Waals surface area contributed by atoms with Crippen LogP contribution in [0.5, 0.6) is 0 Å². The molecule has 1 atom stereocenters. The Balaban J connectivity index is 1.55.